The van der Waals surface area contributed by atoms with E-state index < -0.39 is 0 Å². The molecule has 1 aliphatic rings. The molecule has 0 saturated heterocycles. The third kappa shape index (κ3) is 2.98. The second kappa shape index (κ2) is 5.47. The lowest BCUT2D eigenvalue weighted by molar-refractivity contribution is 0.168. The van der Waals surface area contributed by atoms with Crippen LogP contribution in [0.1, 0.15) is 43.5 Å². The lowest BCUT2D eigenvalue weighted by Crippen LogP contribution is -2.28. The van der Waals surface area contributed by atoms with Crippen molar-refractivity contribution in [1.29, 1.82) is 0 Å². The van der Waals surface area contributed by atoms with Gasteiger partial charge in [-0.05, 0) is 41.5 Å². The first-order chi connectivity index (χ1) is 9.01. The fourth-order valence-electron chi connectivity index (χ4n) is 2.55. The molecule has 1 aromatic rings. The number of benzene rings is 1. The molecule has 102 valence electrons. The molecule has 0 aromatic heterocycles. The fourth-order valence-corrected chi connectivity index (χ4v) is 2.55. The summed E-state index contributed by atoms with van der Waals surface area (Å²) in [5.74, 6) is 0.625. The molecular formula is C16H21NO2. The van der Waals surface area contributed by atoms with E-state index >= 15 is 0 Å². The van der Waals surface area contributed by atoms with Crippen LogP contribution in [0, 0.1) is 5.92 Å². The van der Waals surface area contributed by atoms with Gasteiger partial charge < -0.3 is 10.1 Å². The molecule has 1 aliphatic carbocycles. The molecule has 2 rings (SSSR count). The van der Waals surface area contributed by atoms with Gasteiger partial charge in [0.05, 0.1) is 13.2 Å². The Balaban J connectivity index is 2.26. The third-order valence-electron chi connectivity index (χ3n) is 3.39. The van der Waals surface area contributed by atoms with Crippen LogP contribution in [0.3, 0.4) is 0 Å². The zero-order valence-electron chi connectivity index (χ0n) is 12.0. The first-order valence-corrected chi connectivity index (χ1v) is 6.66. The monoisotopic (exact) mass is 259 g/mol. The number of carbonyl (C=O) groups is 1. The minimum atomic E-state index is -0.389. The summed E-state index contributed by atoms with van der Waals surface area (Å²) in [5.41, 5.74) is 4.81. The number of hydrogen-bond donors (Lipinski definition) is 1. The zero-order chi connectivity index (χ0) is 14.0. The highest BCUT2D eigenvalue weighted by molar-refractivity contribution is 5.73. The molecule has 0 aliphatic heterocycles. The van der Waals surface area contributed by atoms with Crippen LogP contribution in [0.2, 0.25) is 0 Å². The molecule has 1 atom stereocenters. The predicted octanol–water partition coefficient (Wildman–Crippen LogP) is 3.70. The lowest BCUT2D eigenvalue weighted by Gasteiger charge is -2.17. The molecule has 1 aromatic carbocycles. The van der Waals surface area contributed by atoms with Crippen molar-refractivity contribution in [1.82, 2.24) is 5.32 Å². The van der Waals surface area contributed by atoms with Crippen molar-refractivity contribution in [3.05, 3.63) is 40.5 Å². The van der Waals surface area contributed by atoms with E-state index in [0.717, 1.165) is 12.0 Å². The van der Waals surface area contributed by atoms with E-state index in [1.54, 1.807) is 0 Å². The van der Waals surface area contributed by atoms with Crippen molar-refractivity contribution in [2.45, 2.75) is 33.2 Å². The molecule has 0 radical (unpaired) electrons. The fraction of sp³-hybridized carbons (Fsp3) is 0.438. The van der Waals surface area contributed by atoms with Gasteiger partial charge in [0.1, 0.15) is 0 Å². The molecule has 0 heterocycles. The summed E-state index contributed by atoms with van der Waals surface area (Å²) >= 11 is 0. The summed E-state index contributed by atoms with van der Waals surface area (Å²) in [6.45, 7) is 6.45. The van der Waals surface area contributed by atoms with E-state index in [0.29, 0.717) is 5.92 Å². The van der Waals surface area contributed by atoms with Crippen LogP contribution >= 0.6 is 0 Å². The smallest absolute Gasteiger partial charge is 0.407 e. The molecule has 3 heteroatoms. The van der Waals surface area contributed by atoms with Gasteiger partial charge in [0, 0.05) is 0 Å². The summed E-state index contributed by atoms with van der Waals surface area (Å²) < 4.78 is 4.69. The standard InChI is InChI=1S/C16H21NO2/c1-10(2)7-12-5-6-13-8-11(3)15(14(13)9-12)17-16(18)19-4/h5-6,8-10,15H,7H2,1-4H3,(H,17,18). The Morgan fingerprint density at radius 3 is 2.79 bits per heavy atom. The van der Waals surface area contributed by atoms with E-state index in [4.69, 9.17) is 4.74 Å². The summed E-state index contributed by atoms with van der Waals surface area (Å²) in [7, 11) is 1.39. The van der Waals surface area contributed by atoms with Crippen LogP contribution < -0.4 is 5.32 Å². The van der Waals surface area contributed by atoms with Crippen molar-refractivity contribution >= 4 is 12.2 Å². The summed E-state index contributed by atoms with van der Waals surface area (Å²) in [6.07, 6.45) is 2.78. The van der Waals surface area contributed by atoms with Gasteiger partial charge in [-0.3, -0.25) is 0 Å². The van der Waals surface area contributed by atoms with Crippen LogP contribution in [-0.2, 0) is 11.2 Å². The largest absolute Gasteiger partial charge is 0.453 e. The summed E-state index contributed by atoms with van der Waals surface area (Å²) in [4.78, 5) is 11.4. The highest BCUT2D eigenvalue weighted by Gasteiger charge is 2.24. The van der Waals surface area contributed by atoms with Gasteiger partial charge in [-0.15, -0.1) is 0 Å². The minimum absolute atomic E-state index is 0.0606. The van der Waals surface area contributed by atoms with Gasteiger partial charge in [0.25, 0.3) is 0 Å². The number of fused-ring (bicyclic) bond motifs is 1. The summed E-state index contributed by atoms with van der Waals surface area (Å²) in [6, 6.07) is 6.44. The SMILES string of the molecule is COC(=O)NC1C(C)=Cc2ccc(CC(C)C)cc21. The van der Waals surface area contributed by atoms with Crippen LogP contribution in [0.4, 0.5) is 4.79 Å². The van der Waals surface area contributed by atoms with Gasteiger partial charge >= 0.3 is 6.09 Å². The molecule has 0 saturated carbocycles. The second-order valence-electron chi connectivity index (χ2n) is 5.52. The maximum Gasteiger partial charge on any atom is 0.407 e. The maximum atomic E-state index is 11.4. The van der Waals surface area contributed by atoms with Crippen molar-refractivity contribution in [2.24, 2.45) is 5.92 Å². The quantitative estimate of drug-likeness (QED) is 0.898. The maximum absolute atomic E-state index is 11.4. The average molecular weight is 259 g/mol. The normalized spacial score (nSPS) is 17.1. The third-order valence-corrected chi connectivity index (χ3v) is 3.39. The Labute approximate surface area is 114 Å². The first-order valence-electron chi connectivity index (χ1n) is 6.66. The number of alkyl carbamates (subject to hydrolysis) is 1. The van der Waals surface area contributed by atoms with Gasteiger partial charge in [-0.2, -0.15) is 0 Å². The number of carbonyl (C=O) groups excluding carboxylic acids is 1. The van der Waals surface area contributed by atoms with Crippen molar-refractivity contribution in [3.63, 3.8) is 0 Å². The van der Waals surface area contributed by atoms with Gasteiger partial charge in [-0.1, -0.05) is 38.1 Å². The Morgan fingerprint density at radius 2 is 2.16 bits per heavy atom. The number of hydrogen-bond acceptors (Lipinski definition) is 2. The Hall–Kier alpha value is -1.77. The van der Waals surface area contributed by atoms with E-state index in [2.05, 4.69) is 43.4 Å². The zero-order valence-corrected chi connectivity index (χ0v) is 12.0. The van der Waals surface area contributed by atoms with Gasteiger partial charge in [0.2, 0.25) is 0 Å². The molecule has 1 amide bonds. The van der Waals surface area contributed by atoms with E-state index in [1.165, 1.54) is 23.8 Å². The summed E-state index contributed by atoms with van der Waals surface area (Å²) in [5, 5.41) is 2.89. The molecule has 19 heavy (non-hydrogen) atoms. The van der Waals surface area contributed by atoms with E-state index in [-0.39, 0.29) is 12.1 Å². The van der Waals surface area contributed by atoms with Crippen molar-refractivity contribution in [3.8, 4) is 0 Å². The first kappa shape index (κ1) is 13.7. The predicted molar refractivity (Wildman–Crippen MR) is 76.9 cm³/mol. The van der Waals surface area contributed by atoms with E-state index in [1.807, 2.05) is 6.92 Å². The van der Waals surface area contributed by atoms with Gasteiger partial charge in [-0.25, -0.2) is 4.79 Å². The van der Waals surface area contributed by atoms with Crippen LogP contribution in [-0.4, -0.2) is 13.2 Å². The highest BCUT2D eigenvalue weighted by atomic mass is 16.5. The van der Waals surface area contributed by atoms with Crippen LogP contribution in [0.15, 0.2) is 23.8 Å². The number of ether oxygens (including phenoxy) is 1. The molecule has 1 N–H and O–H groups in total. The number of nitrogens with one attached hydrogen (secondary N) is 1. The van der Waals surface area contributed by atoms with E-state index in [9.17, 15) is 4.79 Å². The molecule has 0 bridgehead atoms. The highest BCUT2D eigenvalue weighted by Crippen LogP contribution is 2.35. The number of amides is 1. The molecule has 3 nitrogen and oxygen atoms in total. The molecule has 0 fully saturated rings. The molecular weight excluding hydrogens is 238 g/mol. The van der Waals surface area contributed by atoms with Crippen molar-refractivity contribution in [2.75, 3.05) is 7.11 Å². The number of rotatable bonds is 3. The number of methoxy groups -OCH3 is 1. The van der Waals surface area contributed by atoms with Crippen LogP contribution in [0.5, 0.6) is 0 Å². The minimum Gasteiger partial charge on any atom is -0.453 e. The topological polar surface area (TPSA) is 38.3 Å². The average Bonchev–Trinajstić information content (AvgIpc) is 2.65. The Kier molecular flexibility index (Phi) is 3.93. The lowest BCUT2D eigenvalue weighted by atomic mass is 9.97. The van der Waals surface area contributed by atoms with Gasteiger partial charge in [0.15, 0.2) is 0 Å². The molecule has 1 unspecified atom stereocenters. The Morgan fingerprint density at radius 1 is 1.42 bits per heavy atom. The Bertz CT molecular complexity index is 517. The molecule has 0 spiro atoms. The van der Waals surface area contributed by atoms with Crippen molar-refractivity contribution < 1.29 is 9.53 Å². The second-order valence-corrected chi connectivity index (χ2v) is 5.52. The van der Waals surface area contributed by atoms with Crippen LogP contribution in [0.25, 0.3) is 6.08 Å².